The Morgan fingerprint density at radius 2 is 1.90 bits per heavy atom. The molecule has 0 saturated heterocycles. The summed E-state index contributed by atoms with van der Waals surface area (Å²) in [7, 11) is -3.24. The fourth-order valence-corrected chi connectivity index (χ4v) is 3.65. The van der Waals surface area contributed by atoms with E-state index in [9.17, 15) is 13.5 Å². The van der Waals surface area contributed by atoms with Gasteiger partial charge in [0.25, 0.3) is 0 Å². The highest BCUT2D eigenvalue weighted by molar-refractivity contribution is 7.90. The molecule has 2 aromatic rings. The number of sulfone groups is 1. The van der Waals surface area contributed by atoms with Crippen LogP contribution in [0.1, 0.15) is 28.3 Å². The van der Waals surface area contributed by atoms with E-state index in [4.69, 9.17) is 0 Å². The highest BCUT2D eigenvalue weighted by Gasteiger charge is 2.13. The maximum atomic E-state index is 11.5. The largest absolute Gasteiger partial charge is 0.388 e. The molecule has 20 heavy (non-hydrogen) atoms. The van der Waals surface area contributed by atoms with Gasteiger partial charge in [0.05, 0.1) is 11.0 Å². The Morgan fingerprint density at radius 1 is 1.20 bits per heavy atom. The molecule has 0 aliphatic heterocycles. The fraction of sp³-hybridized carbons (Fsp3) is 0.333. The first-order chi connectivity index (χ1) is 9.40. The summed E-state index contributed by atoms with van der Waals surface area (Å²) in [6.07, 6.45) is 1.99. The minimum atomic E-state index is -3.24. The molecule has 1 unspecified atom stereocenters. The molecule has 1 aromatic heterocycles. The van der Waals surface area contributed by atoms with E-state index < -0.39 is 15.9 Å². The molecular formula is C15H18O3S2. The lowest BCUT2D eigenvalue weighted by atomic mass is 10.1. The van der Waals surface area contributed by atoms with Gasteiger partial charge in [0.2, 0.25) is 0 Å². The lowest BCUT2D eigenvalue weighted by Crippen LogP contribution is -2.03. The molecule has 0 bridgehead atoms. The number of aryl methyl sites for hydroxylation is 1. The quantitative estimate of drug-likeness (QED) is 0.923. The molecule has 3 nitrogen and oxygen atoms in total. The van der Waals surface area contributed by atoms with Crippen molar-refractivity contribution in [2.75, 3.05) is 6.26 Å². The number of rotatable bonds is 5. The molecule has 1 heterocycles. The maximum Gasteiger partial charge on any atom is 0.175 e. The van der Waals surface area contributed by atoms with E-state index in [1.165, 1.54) is 11.1 Å². The molecule has 0 saturated carbocycles. The van der Waals surface area contributed by atoms with E-state index in [-0.39, 0.29) is 4.90 Å². The standard InChI is InChI=1S/C15H18O3S2/c1-3-12-7-8-13(19-12)10-15(16)11-5-4-6-14(9-11)20(2,17)18/h4-9,15-16H,3,10H2,1-2H3. The summed E-state index contributed by atoms with van der Waals surface area (Å²) in [5.41, 5.74) is 0.638. The van der Waals surface area contributed by atoms with E-state index in [1.807, 2.05) is 6.07 Å². The van der Waals surface area contributed by atoms with Crippen molar-refractivity contribution in [2.45, 2.75) is 30.8 Å². The third kappa shape index (κ3) is 3.69. The summed E-state index contributed by atoms with van der Waals surface area (Å²) < 4.78 is 23.1. The summed E-state index contributed by atoms with van der Waals surface area (Å²) in [5.74, 6) is 0. The van der Waals surface area contributed by atoms with E-state index in [0.717, 1.165) is 11.3 Å². The summed E-state index contributed by atoms with van der Waals surface area (Å²) in [4.78, 5) is 2.64. The van der Waals surface area contributed by atoms with Crippen LogP contribution in [-0.4, -0.2) is 19.8 Å². The van der Waals surface area contributed by atoms with Gasteiger partial charge in [-0.25, -0.2) is 8.42 Å². The third-order valence-corrected chi connectivity index (χ3v) is 5.49. The number of benzene rings is 1. The van der Waals surface area contributed by atoms with Crippen LogP contribution in [-0.2, 0) is 22.7 Å². The zero-order chi connectivity index (χ0) is 14.8. The predicted octanol–water partition coefficient (Wildman–Crippen LogP) is 2.99. The second-order valence-electron chi connectivity index (χ2n) is 4.79. The third-order valence-electron chi connectivity index (χ3n) is 3.13. The normalized spacial score (nSPS) is 13.3. The van der Waals surface area contributed by atoms with Gasteiger partial charge in [0, 0.05) is 22.4 Å². The van der Waals surface area contributed by atoms with Crippen LogP contribution in [0.2, 0.25) is 0 Å². The number of hydrogen-bond acceptors (Lipinski definition) is 4. The molecule has 0 radical (unpaired) electrons. The number of thiophene rings is 1. The minimum Gasteiger partial charge on any atom is -0.388 e. The average molecular weight is 310 g/mol. The first-order valence-electron chi connectivity index (χ1n) is 6.46. The van der Waals surface area contributed by atoms with Crippen molar-refractivity contribution < 1.29 is 13.5 Å². The fourth-order valence-electron chi connectivity index (χ4n) is 1.98. The smallest absolute Gasteiger partial charge is 0.175 e. The van der Waals surface area contributed by atoms with Gasteiger partial charge in [0.1, 0.15) is 0 Å². The molecule has 1 aromatic carbocycles. The molecule has 5 heteroatoms. The van der Waals surface area contributed by atoms with Gasteiger partial charge >= 0.3 is 0 Å². The number of aliphatic hydroxyl groups excluding tert-OH is 1. The van der Waals surface area contributed by atoms with Gasteiger partial charge in [-0.1, -0.05) is 19.1 Å². The molecule has 0 amide bonds. The monoisotopic (exact) mass is 310 g/mol. The van der Waals surface area contributed by atoms with Crippen LogP contribution in [0.15, 0.2) is 41.3 Å². The van der Waals surface area contributed by atoms with Crippen molar-refractivity contribution in [1.29, 1.82) is 0 Å². The Hall–Kier alpha value is -1.17. The Labute approximate surface area is 123 Å². The van der Waals surface area contributed by atoms with Crippen molar-refractivity contribution in [3.8, 4) is 0 Å². The van der Waals surface area contributed by atoms with Crippen LogP contribution in [0.5, 0.6) is 0 Å². The van der Waals surface area contributed by atoms with Crippen LogP contribution in [0.4, 0.5) is 0 Å². The Kier molecular flexibility index (Phi) is 4.62. The van der Waals surface area contributed by atoms with Crippen LogP contribution in [0, 0.1) is 0 Å². The molecule has 108 valence electrons. The number of aliphatic hydroxyl groups is 1. The summed E-state index contributed by atoms with van der Waals surface area (Å²) in [6.45, 7) is 2.10. The van der Waals surface area contributed by atoms with E-state index >= 15 is 0 Å². The second kappa shape index (κ2) is 6.08. The molecule has 0 aliphatic rings. The lowest BCUT2D eigenvalue weighted by molar-refractivity contribution is 0.179. The Morgan fingerprint density at radius 3 is 2.50 bits per heavy atom. The summed E-state index contributed by atoms with van der Waals surface area (Å²) in [6, 6.07) is 10.6. The highest BCUT2D eigenvalue weighted by atomic mass is 32.2. The zero-order valence-corrected chi connectivity index (χ0v) is 13.2. The Balaban J connectivity index is 2.19. The SMILES string of the molecule is CCc1ccc(CC(O)c2cccc(S(C)(=O)=O)c2)s1. The van der Waals surface area contributed by atoms with Crippen molar-refractivity contribution in [3.05, 3.63) is 51.7 Å². The first kappa shape index (κ1) is 15.2. The van der Waals surface area contributed by atoms with Crippen LogP contribution >= 0.6 is 11.3 Å². The summed E-state index contributed by atoms with van der Waals surface area (Å²) >= 11 is 1.69. The number of hydrogen-bond donors (Lipinski definition) is 1. The van der Waals surface area contributed by atoms with E-state index in [2.05, 4.69) is 13.0 Å². The Bertz CT molecular complexity index is 687. The van der Waals surface area contributed by atoms with Gasteiger partial charge in [-0.2, -0.15) is 0 Å². The molecule has 2 rings (SSSR count). The van der Waals surface area contributed by atoms with Crippen molar-refractivity contribution in [1.82, 2.24) is 0 Å². The second-order valence-corrected chi connectivity index (χ2v) is 8.05. The van der Waals surface area contributed by atoms with Crippen LogP contribution in [0.25, 0.3) is 0 Å². The van der Waals surface area contributed by atoms with E-state index in [0.29, 0.717) is 12.0 Å². The maximum absolute atomic E-state index is 11.5. The first-order valence-corrected chi connectivity index (χ1v) is 9.16. The molecule has 1 atom stereocenters. The van der Waals surface area contributed by atoms with Gasteiger partial charge in [-0.15, -0.1) is 11.3 Å². The van der Waals surface area contributed by atoms with Gasteiger partial charge in [0.15, 0.2) is 9.84 Å². The predicted molar refractivity (Wildman–Crippen MR) is 81.9 cm³/mol. The molecular weight excluding hydrogens is 292 g/mol. The van der Waals surface area contributed by atoms with Gasteiger partial charge < -0.3 is 5.11 Å². The topological polar surface area (TPSA) is 54.4 Å². The van der Waals surface area contributed by atoms with E-state index in [1.54, 1.807) is 35.6 Å². The molecule has 0 aliphatic carbocycles. The van der Waals surface area contributed by atoms with Crippen LogP contribution in [0.3, 0.4) is 0 Å². The lowest BCUT2D eigenvalue weighted by Gasteiger charge is -2.11. The summed E-state index contributed by atoms with van der Waals surface area (Å²) in [5, 5.41) is 10.3. The minimum absolute atomic E-state index is 0.245. The van der Waals surface area contributed by atoms with Crippen molar-refractivity contribution in [2.24, 2.45) is 0 Å². The van der Waals surface area contributed by atoms with Gasteiger partial charge in [-0.05, 0) is 36.2 Å². The van der Waals surface area contributed by atoms with Crippen molar-refractivity contribution >= 4 is 21.2 Å². The highest BCUT2D eigenvalue weighted by Crippen LogP contribution is 2.25. The van der Waals surface area contributed by atoms with Crippen LogP contribution < -0.4 is 0 Å². The molecule has 1 N–H and O–H groups in total. The average Bonchev–Trinajstić information content (AvgIpc) is 2.85. The van der Waals surface area contributed by atoms with Gasteiger partial charge in [-0.3, -0.25) is 0 Å². The van der Waals surface area contributed by atoms with Crippen molar-refractivity contribution in [3.63, 3.8) is 0 Å². The zero-order valence-electron chi connectivity index (χ0n) is 11.5. The molecule has 0 spiro atoms. The molecule has 0 fully saturated rings.